The van der Waals surface area contributed by atoms with Gasteiger partial charge >= 0.3 is 0 Å². The van der Waals surface area contributed by atoms with E-state index in [1.54, 1.807) is 11.8 Å². The van der Waals surface area contributed by atoms with Crippen LogP contribution in [0.2, 0.25) is 5.02 Å². The molecule has 1 unspecified atom stereocenters. The van der Waals surface area contributed by atoms with Gasteiger partial charge in [-0.3, -0.25) is 0 Å². The molecule has 3 aromatic rings. The molecular formula is C22H23ClN4OS. The number of aromatic nitrogens is 2. The van der Waals surface area contributed by atoms with Crippen LogP contribution in [-0.2, 0) is 0 Å². The van der Waals surface area contributed by atoms with Crippen LogP contribution >= 0.6 is 23.4 Å². The molecule has 5 nitrogen and oxygen atoms in total. The van der Waals surface area contributed by atoms with Crippen molar-refractivity contribution in [1.82, 2.24) is 21.2 Å². The van der Waals surface area contributed by atoms with Crippen molar-refractivity contribution in [2.24, 2.45) is 0 Å². The first-order valence-electron chi connectivity index (χ1n) is 8.99. The lowest BCUT2D eigenvalue weighted by Crippen LogP contribution is -2.16. The lowest BCUT2D eigenvalue weighted by atomic mass is 10.1. The lowest BCUT2D eigenvalue weighted by Gasteiger charge is -2.17. The number of benzene rings is 2. The Labute approximate surface area is 180 Å². The smallest absolute Gasteiger partial charge is 0.244 e. The Morgan fingerprint density at radius 3 is 2.52 bits per heavy atom. The number of halogens is 1. The fraction of sp³-hybridized carbons (Fsp3) is 0.182. The van der Waals surface area contributed by atoms with E-state index in [0.717, 1.165) is 22.6 Å². The SMILES string of the molecule is Cc1ccc(SC(c2ccc(Cl)cc2)c2nc(C3=CC=CN(C)C3)no2)cc1.N. The number of allylic oxidation sites excluding steroid dienone is 2. The number of nitrogens with zero attached hydrogens (tertiary/aromatic N) is 3. The van der Waals surface area contributed by atoms with Crippen molar-refractivity contribution in [1.29, 1.82) is 0 Å². The Morgan fingerprint density at radius 2 is 1.83 bits per heavy atom. The highest BCUT2D eigenvalue weighted by Crippen LogP contribution is 2.40. The van der Waals surface area contributed by atoms with E-state index < -0.39 is 0 Å². The Balaban J connectivity index is 0.00000240. The minimum Gasteiger partial charge on any atom is -0.376 e. The highest BCUT2D eigenvalue weighted by Gasteiger charge is 2.24. The fourth-order valence-electron chi connectivity index (χ4n) is 2.95. The Bertz CT molecular complexity index is 1010. The third kappa shape index (κ3) is 5.09. The van der Waals surface area contributed by atoms with Crippen LogP contribution in [0.4, 0.5) is 0 Å². The van der Waals surface area contributed by atoms with Gasteiger partial charge in [0.2, 0.25) is 5.89 Å². The van der Waals surface area contributed by atoms with Gasteiger partial charge in [0.05, 0.1) is 0 Å². The molecule has 2 heterocycles. The number of hydrogen-bond acceptors (Lipinski definition) is 6. The summed E-state index contributed by atoms with van der Waals surface area (Å²) in [6, 6.07) is 16.2. The standard InChI is InChI=1S/C22H20ClN3OS.H3N/c1-15-5-11-19(12-6-15)28-20(16-7-9-18(23)10-8-16)22-24-21(25-27-22)17-4-3-13-26(2)14-17;/h3-13,20H,14H2,1-2H3;1H3. The molecular weight excluding hydrogens is 404 g/mol. The van der Waals surface area contributed by atoms with Crippen LogP contribution in [0.25, 0.3) is 5.57 Å². The average molecular weight is 427 g/mol. The van der Waals surface area contributed by atoms with E-state index in [0.29, 0.717) is 16.7 Å². The van der Waals surface area contributed by atoms with Crippen molar-refractivity contribution >= 4 is 28.9 Å². The third-order valence-corrected chi connectivity index (χ3v) is 5.96. The first kappa shape index (κ1) is 21.2. The van der Waals surface area contributed by atoms with E-state index in [9.17, 15) is 0 Å². The molecule has 3 N–H and O–H groups in total. The average Bonchev–Trinajstić information content (AvgIpc) is 3.18. The van der Waals surface area contributed by atoms with Crippen molar-refractivity contribution in [3.8, 4) is 0 Å². The molecule has 1 aliphatic rings. The second-order valence-electron chi connectivity index (χ2n) is 6.77. The summed E-state index contributed by atoms with van der Waals surface area (Å²) in [5, 5.41) is 4.83. The summed E-state index contributed by atoms with van der Waals surface area (Å²) < 4.78 is 5.70. The van der Waals surface area contributed by atoms with Crippen molar-refractivity contribution in [2.45, 2.75) is 17.1 Å². The normalized spacial score (nSPS) is 14.3. The number of hydrogen-bond donors (Lipinski definition) is 1. The first-order valence-corrected chi connectivity index (χ1v) is 10.2. The second kappa shape index (κ2) is 9.31. The number of aryl methyl sites for hydroxylation is 1. The molecule has 1 aliphatic heterocycles. The summed E-state index contributed by atoms with van der Waals surface area (Å²) in [6.45, 7) is 2.84. The maximum absolute atomic E-state index is 6.08. The van der Waals surface area contributed by atoms with Gasteiger partial charge in [0.25, 0.3) is 0 Å². The summed E-state index contributed by atoms with van der Waals surface area (Å²) >= 11 is 7.77. The maximum atomic E-state index is 6.08. The number of rotatable bonds is 5. The van der Waals surface area contributed by atoms with Crippen LogP contribution in [0.1, 0.15) is 28.1 Å². The van der Waals surface area contributed by atoms with E-state index in [4.69, 9.17) is 21.1 Å². The highest BCUT2D eigenvalue weighted by molar-refractivity contribution is 7.99. The van der Waals surface area contributed by atoms with Gasteiger partial charge in [-0.2, -0.15) is 4.98 Å². The van der Waals surface area contributed by atoms with Gasteiger partial charge in [0.15, 0.2) is 5.82 Å². The zero-order valence-electron chi connectivity index (χ0n) is 16.4. The van der Waals surface area contributed by atoms with E-state index in [1.165, 1.54) is 5.56 Å². The minimum atomic E-state index is -0.112. The van der Waals surface area contributed by atoms with Crippen molar-refractivity contribution < 1.29 is 4.52 Å². The van der Waals surface area contributed by atoms with Gasteiger partial charge in [-0.1, -0.05) is 52.7 Å². The largest absolute Gasteiger partial charge is 0.376 e. The topological polar surface area (TPSA) is 77.2 Å². The van der Waals surface area contributed by atoms with E-state index in [1.807, 2.05) is 49.7 Å². The van der Waals surface area contributed by atoms with Crippen LogP contribution in [0.5, 0.6) is 0 Å². The van der Waals surface area contributed by atoms with E-state index in [2.05, 4.69) is 41.2 Å². The molecule has 4 rings (SSSR count). The summed E-state index contributed by atoms with van der Waals surface area (Å²) in [6.07, 6.45) is 6.04. The molecule has 1 atom stereocenters. The molecule has 0 amide bonds. The molecule has 0 bridgehead atoms. The number of likely N-dealkylation sites (N-methyl/N-ethyl adjacent to an activating group) is 1. The first-order chi connectivity index (χ1) is 13.6. The van der Waals surface area contributed by atoms with Crippen LogP contribution in [-0.4, -0.2) is 28.6 Å². The molecule has 0 saturated heterocycles. The summed E-state index contributed by atoms with van der Waals surface area (Å²) in [5.41, 5.74) is 3.34. The Hall–Kier alpha value is -2.54. The van der Waals surface area contributed by atoms with Crippen LogP contribution < -0.4 is 6.15 Å². The zero-order valence-corrected chi connectivity index (χ0v) is 18.0. The monoisotopic (exact) mass is 426 g/mol. The predicted octanol–water partition coefficient (Wildman–Crippen LogP) is 5.92. The molecule has 150 valence electrons. The zero-order chi connectivity index (χ0) is 19.5. The van der Waals surface area contributed by atoms with Gasteiger partial charge < -0.3 is 15.6 Å². The van der Waals surface area contributed by atoms with E-state index >= 15 is 0 Å². The molecule has 0 spiro atoms. The van der Waals surface area contributed by atoms with Gasteiger partial charge in [0, 0.05) is 29.1 Å². The third-order valence-electron chi connectivity index (χ3n) is 4.46. The highest BCUT2D eigenvalue weighted by atomic mass is 35.5. The summed E-state index contributed by atoms with van der Waals surface area (Å²) in [7, 11) is 2.02. The quantitative estimate of drug-likeness (QED) is 0.510. The molecule has 0 radical (unpaired) electrons. The molecule has 1 aromatic heterocycles. The molecule has 0 saturated carbocycles. The Morgan fingerprint density at radius 1 is 1.10 bits per heavy atom. The van der Waals surface area contributed by atoms with E-state index in [-0.39, 0.29) is 11.4 Å². The maximum Gasteiger partial charge on any atom is 0.244 e. The Kier molecular flexibility index (Phi) is 6.79. The van der Waals surface area contributed by atoms with Crippen LogP contribution in [0.15, 0.2) is 76.3 Å². The van der Waals surface area contributed by atoms with Crippen molar-refractivity contribution in [3.63, 3.8) is 0 Å². The fourth-order valence-corrected chi connectivity index (χ4v) is 4.13. The summed E-state index contributed by atoms with van der Waals surface area (Å²) in [4.78, 5) is 7.95. The summed E-state index contributed by atoms with van der Waals surface area (Å²) in [5.74, 6) is 1.22. The second-order valence-corrected chi connectivity index (χ2v) is 8.38. The molecule has 7 heteroatoms. The van der Waals surface area contributed by atoms with Crippen LogP contribution in [0, 0.1) is 6.92 Å². The van der Waals surface area contributed by atoms with Gasteiger partial charge in [-0.15, -0.1) is 11.8 Å². The van der Waals surface area contributed by atoms with Gasteiger partial charge in [0.1, 0.15) is 5.25 Å². The predicted molar refractivity (Wildman–Crippen MR) is 119 cm³/mol. The minimum absolute atomic E-state index is 0. The number of thioether (sulfide) groups is 1. The molecule has 0 fully saturated rings. The van der Waals surface area contributed by atoms with Crippen molar-refractivity contribution in [3.05, 3.63) is 94.7 Å². The molecule has 2 aromatic carbocycles. The molecule has 29 heavy (non-hydrogen) atoms. The van der Waals surface area contributed by atoms with Crippen LogP contribution in [0.3, 0.4) is 0 Å². The van der Waals surface area contributed by atoms with Gasteiger partial charge in [-0.05, 0) is 49.0 Å². The van der Waals surface area contributed by atoms with Crippen molar-refractivity contribution in [2.75, 3.05) is 13.6 Å². The molecule has 0 aliphatic carbocycles. The lowest BCUT2D eigenvalue weighted by molar-refractivity contribution is 0.380. The van der Waals surface area contributed by atoms with Gasteiger partial charge in [-0.25, -0.2) is 0 Å².